The van der Waals surface area contributed by atoms with E-state index in [4.69, 9.17) is 9.47 Å². The fourth-order valence-electron chi connectivity index (χ4n) is 3.14. The van der Waals surface area contributed by atoms with E-state index in [1.165, 1.54) is 12.8 Å². The van der Waals surface area contributed by atoms with Crippen LogP contribution in [-0.4, -0.2) is 29.9 Å². The van der Waals surface area contributed by atoms with Crippen LogP contribution in [0.4, 0.5) is 17.3 Å². The summed E-state index contributed by atoms with van der Waals surface area (Å²) in [5, 5.41) is 3.35. The van der Waals surface area contributed by atoms with Crippen molar-refractivity contribution < 1.29 is 9.47 Å². The molecular weight excluding hydrogens is 304 g/mol. The van der Waals surface area contributed by atoms with E-state index in [9.17, 15) is 0 Å². The van der Waals surface area contributed by atoms with E-state index in [-0.39, 0.29) is 6.79 Å². The van der Waals surface area contributed by atoms with Gasteiger partial charge >= 0.3 is 0 Å². The van der Waals surface area contributed by atoms with Gasteiger partial charge in [-0.2, -0.15) is 0 Å². The zero-order chi connectivity index (χ0) is 16.5. The minimum atomic E-state index is 0.281. The third kappa shape index (κ3) is 3.09. The van der Waals surface area contributed by atoms with Crippen LogP contribution in [0.1, 0.15) is 25.6 Å². The van der Waals surface area contributed by atoms with E-state index in [2.05, 4.69) is 27.1 Å². The quantitative estimate of drug-likeness (QED) is 0.931. The number of piperidine rings is 1. The standard InChI is InChI=1S/C18H22N4O2/c1-12-5-7-22(8-6-12)18-10-17(19-13(2)20-18)21-14-3-4-15-16(9-14)24-11-23-15/h3-4,9-10,12H,5-8,11H2,1-2H3,(H,19,20,21). The number of hydrogen-bond acceptors (Lipinski definition) is 6. The molecule has 0 amide bonds. The summed E-state index contributed by atoms with van der Waals surface area (Å²) in [4.78, 5) is 11.5. The van der Waals surface area contributed by atoms with E-state index >= 15 is 0 Å². The molecule has 0 bridgehead atoms. The second kappa shape index (κ2) is 6.19. The average Bonchev–Trinajstić information content (AvgIpc) is 3.02. The first-order valence-electron chi connectivity index (χ1n) is 8.45. The molecule has 3 heterocycles. The van der Waals surface area contributed by atoms with Gasteiger partial charge in [0.05, 0.1) is 0 Å². The van der Waals surface area contributed by atoms with E-state index in [0.717, 1.165) is 53.7 Å². The average molecular weight is 326 g/mol. The third-order valence-corrected chi connectivity index (χ3v) is 4.58. The molecule has 0 radical (unpaired) electrons. The number of benzene rings is 1. The van der Waals surface area contributed by atoms with Gasteiger partial charge in [-0.15, -0.1) is 0 Å². The van der Waals surface area contributed by atoms with Crippen molar-refractivity contribution in [3.8, 4) is 11.5 Å². The van der Waals surface area contributed by atoms with Gasteiger partial charge < -0.3 is 19.7 Å². The molecule has 0 aliphatic carbocycles. The SMILES string of the molecule is Cc1nc(Nc2ccc3c(c2)OCO3)cc(N2CCC(C)CC2)n1. The first-order valence-corrected chi connectivity index (χ1v) is 8.45. The molecule has 0 atom stereocenters. The topological polar surface area (TPSA) is 59.5 Å². The summed E-state index contributed by atoms with van der Waals surface area (Å²) in [6, 6.07) is 7.83. The van der Waals surface area contributed by atoms with Crippen molar-refractivity contribution in [1.82, 2.24) is 9.97 Å². The van der Waals surface area contributed by atoms with Crippen molar-refractivity contribution in [3.05, 3.63) is 30.1 Å². The zero-order valence-electron chi connectivity index (χ0n) is 14.1. The highest BCUT2D eigenvalue weighted by atomic mass is 16.7. The highest BCUT2D eigenvalue weighted by molar-refractivity contribution is 5.63. The molecule has 1 N–H and O–H groups in total. The van der Waals surface area contributed by atoms with E-state index in [1.54, 1.807) is 0 Å². The zero-order valence-corrected chi connectivity index (χ0v) is 14.1. The van der Waals surface area contributed by atoms with E-state index < -0.39 is 0 Å². The van der Waals surface area contributed by atoms with Crippen molar-refractivity contribution in [2.75, 3.05) is 30.1 Å². The number of aromatic nitrogens is 2. The van der Waals surface area contributed by atoms with Crippen molar-refractivity contribution in [1.29, 1.82) is 0 Å². The Balaban J connectivity index is 1.55. The molecule has 1 fully saturated rings. The first kappa shape index (κ1) is 15.1. The molecule has 2 aromatic rings. The van der Waals surface area contributed by atoms with Crippen molar-refractivity contribution in [3.63, 3.8) is 0 Å². The maximum atomic E-state index is 5.43. The Morgan fingerprint density at radius 1 is 1.08 bits per heavy atom. The normalized spacial score (nSPS) is 17.2. The van der Waals surface area contributed by atoms with Crippen LogP contribution in [0.25, 0.3) is 0 Å². The molecular formula is C18H22N4O2. The Kier molecular flexibility index (Phi) is 3.88. The van der Waals surface area contributed by atoms with Gasteiger partial charge in [-0.05, 0) is 37.8 Å². The summed E-state index contributed by atoms with van der Waals surface area (Å²) in [5.41, 5.74) is 0.926. The lowest BCUT2D eigenvalue weighted by Crippen LogP contribution is -2.33. The number of nitrogens with one attached hydrogen (secondary N) is 1. The predicted octanol–water partition coefficient (Wildman–Crippen LogP) is 3.49. The van der Waals surface area contributed by atoms with E-state index in [1.807, 2.05) is 31.2 Å². The van der Waals surface area contributed by atoms with Crippen molar-refractivity contribution in [2.45, 2.75) is 26.7 Å². The molecule has 4 rings (SSSR count). The number of nitrogens with zero attached hydrogens (tertiary/aromatic N) is 3. The van der Waals surface area contributed by atoms with Crippen LogP contribution in [-0.2, 0) is 0 Å². The molecule has 126 valence electrons. The Morgan fingerprint density at radius 3 is 2.71 bits per heavy atom. The van der Waals surface area contributed by atoms with Crippen LogP contribution in [0, 0.1) is 12.8 Å². The highest BCUT2D eigenvalue weighted by Crippen LogP contribution is 2.35. The second-order valence-electron chi connectivity index (χ2n) is 6.52. The molecule has 2 aliphatic rings. The Labute approximate surface area is 141 Å². The lowest BCUT2D eigenvalue weighted by molar-refractivity contribution is 0.174. The largest absolute Gasteiger partial charge is 0.454 e. The van der Waals surface area contributed by atoms with Gasteiger partial charge in [-0.3, -0.25) is 0 Å². The maximum absolute atomic E-state index is 5.43. The molecule has 2 aliphatic heterocycles. The monoisotopic (exact) mass is 326 g/mol. The fourth-order valence-corrected chi connectivity index (χ4v) is 3.14. The number of ether oxygens (including phenoxy) is 2. The Morgan fingerprint density at radius 2 is 1.88 bits per heavy atom. The number of aryl methyl sites for hydroxylation is 1. The third-order valence-electron chi connectivity index (χ3n) is 4.58. The van der Waals surface area contributed by atoms with Crippen LogP contribution >= 0.6 is 0 Å². The summed E-state index contributed by atoms with van der Waals surface area (Å²) in [6.07, 6.45) is 2.43. The van der Waals surface area contributed by atoms with Gasteiger partial charge in [0.15, 0.2) is 11.5 Å². The van der Waals surface area contributed by atoms with Crippen molar-refractivity contribution >= 4 is 17.3 Å². The summed E-state index contributed by atoms with van der Waals surface area (Å²) in [5.74, 6) is 4.91. The van der Waals surface area contributed by atoms with Crippen LogP contribution in [0.3, 0.4) is 0 Å². The van der Waals surface area contributed by atoms with Gasteiger partial charge in [-0.25, -0.2) is 9.97 Å². The smallest absolute Gasteiger partial charge is 0.231 e. The molecule has 24 heavy (non-hydrogen) atoms. The maximum Gasteiger partial charge on any atom is 0.231 e. The summed E-state index contributed by atoms with van der Waals surface area (Å²) < 4.78 is 10.8. The van der Waals surface area contributed by atoms with E-state index in [0.29, 0.717) is 0 Å². The van der Waals surface area contributed by atoms with Gasteiger partial charge in [0.25, 0.3) is 0 Å². The van der Waals surface area contributed by atoms with Gasteiger partial charge in [0.1, 0.15) is 17.5 Å². The number of anilines is 3. The Hall–Kier alpha value is -2.50. The van der Waals surface area contributed by atoms with Gasteiger partial charge in [0, 0.05) is 30.9 Å². The molecule has 0 spiro atoms. The van der Waals surface area contributed by atoms with Crippen LogP contribution in [0.2, 0.25) is 0 Å². The first-order chi connectivity index (χ1) is 11.7. The minimum Gasteiger partial charge on any atom is -0.454 e. The predicted molar refractivity (Wildman–Crippen MR) is 93.2 cm³/mol. The number of fused-ring (bicyclic) bond motifs is 1. The minimum absolute atomic E-state index is 0.281. The summed E-state index contributed by atoms with van der Waals surface area (Å²) in [7, 11) is 0. The summed E-state index contributed by atoms with van der Waals surface area (Å²) in [6.45, 7) is 6.64. The molecule has 0 saturated carbocycles. The lowest BCUT2D eigenvalue weighted by Gasteiger charge is -2.31. The number of hydrogen-bond donors (Lipinski definition) is 1. The van der Waals surface area contributed by atoms with Crippen LogP contribution in [0.15, 0.2) is 24.3 Å². The van der Waals surface area contributed by atoms with Crippen molar-refractivity contribution in [2.24, 2.45) is 5.92 Å². The molecule has 1 aromatic carbocycles. The molecule has 1 saturated heterocycles. The second-order valence-corrected chi connectivity index (χ2v) is 6.52. The van der Waals surface area contributed by atoms with Crippen LogP contribution < -0.4 is 19.7 Å². The summed E-state index contributed by atoms with van der Waals surface area (Å²) >= 11 is 0. The molecule has 6 nitrogen and oxygen atoms in total. The van der Waals surface area contributed by atoms with Crippen LogP contribution in [0.5, 0.6) is 11.5 Å². The van der Waals surface area contributed by atoms with Gasteiger partial charge in [-0.1, -0.05) is 6.92 Å². The fraction of sp³-hybridized carbons (Fsp3) is 0.444. The number of rotatable bonds is 3. The molecule has 0 unspecified atom stereocenters. The molecule has 1 aromatic heterocycles. The van der Waals surface area contributed by atoms with Gasteiger partial charge in [0.2, 0.25) is 6.79 Å². The Bertz CT molecular complexity index is 742. The highest BCUT2D eigenvalue weighted by Gasteiger charge is 2.18. The molecule has 6 heteroatoms. The lowest BCUT2D eigenvalue weighted by atomic mass is 9.99.